The maximum absolute atomic E-state index is 6.15. The van der Waals surface area contributed by atoms with Crippen molar-refractivity contribution in [3.05, 3.63) is 31.1 Å². The molecule has 0 saturated heterocycles. The number of halogens is 6. The molecule has 0 amide bonds. The van der Waals surface area contributed by atoms with E-state index in [1.54, 1.807) is 4.40 Å². The van der Waals surface area contributed by atoms with Crippen LogP contribution in [0.1, 0.15) is 11.1 Å². The molecule has 0 bridgehead atoms. The van der Waals surface area contributed by atoms with Crippen LogP contribution >= 0.6 is 69.6 Å². The molecule has 2 aromatic rings. The summed E-state index contributed by atoms with van der Waals surface area (Å²) in [5.74, 6) is 0. The first kappa shape index (κ1) is 11.6. The normalized spacial score (nSPS) is 19.1. The highest BCUT2D eigenvalue weighted by molar-refractivity contribution is 6.55. The Morgan fingerprint density at radius 3 is 2.00 bits per heavy atom. The maximum Gasteiger partial charge on any atom is 0.113 e. The van der Waals surface area contributed by atoms with Crippen LogP contribution < -0.4 is 5.35 Å². The molecule has 0 N–H and O–H groups in total. The quantitative estimate of drug-likeness (QED) is 0.602. The van der Waals surface area contributed by atoms with Gasteiger partial charge in [0.05, 0.1) is 41.7 Å². The highest BCUT2D eigenvalue weighted by Crippen LogP contribution is 2.48. The number of alkyl halides is 1. The molecule has 0 aliphatic carbocycles. The Morgan fingerprint density at radius 2 is 1.38 bits per heavy atom. The summed E-state index contributed by atoms with van der Waals surface area (Å²) in [7, 11) is 0. The van der Waals surface area contributed by atoms with Gasteiger partial charge >= 0.3 is 0 Å². The van der Waals surface area contributed by atoms with Crippen molar-refractivity contribution in [3.63, 3.8) is 0 Å². The Balaban J connectivity index is 2.71. The zero-order valence-electron chi connectivity index (χ0n) is 7.29. The number of aromatic nitrogens is 1. The number of rotatable bonds is 0. The number of hydrogen-bond acceptors (Lipinski definition) is 0. The molecule has 84 valence electrons. The molecule has 0 spiro atoms. The van der Waals surface area contributed by atoms with Gasteiger partial charge < -0.3 is 4.40 Å². The van der Waals surface area contributed by atoms with E-state index in [0.717, 1.165) is 0 Å². The van der Waals surface area contributed by atoms with Gasteiger partial charge in [-0.05, 0) is 0 Å². The molecule has 3 heterocycles. The molecule has 0 saturated carbocycles. The third kappa shape index (κ3) is 1.12. The SMILES string of the molecule is ClC1=c2c(Cl)c(Cl)c3c(Cl)c(Cl)c(n23)C1Cl. The fourth-order valence-corrected chi connectivity index (χ4v) is 3.79. The van der Waals surface area contributed by atoms with Crippen molar-refractivity contribution in [1.29, 1.82) is 0 Å². The van der Waals surface area contributed by atoms with Gasteiger partial charge in [0.1, 0.15) is 5.38 Å². The fraction of sp³-hybridized carbons (Fsp3) is 0.111. The van der Waals surface area contributed by atoms with Gasteiger partial charge in [0.15, 0.2) is 0 Å². The number of hydrogen-bond donors (Lipinski definition) is 0. The Kier molecular flexibility index (Phi) is 2.54. The van der Waals surface area contributed by atoms with Crippen molar-refractivity contribution in [3.8, 4) is 0 Å². The average molecular weight is 336 g/mol. The van der Waals surface area contributed by atoms with Gasteiger partial charge in [-0.1, -0.05) is 58.0 Å². The van der Waals surface area contributed by atoms with Gasteiger partial charge in [0.2, 0.25) is 0 Å². The van der Waals surface area contributed by atoms with Gasteiger partial charge in [-0.2, -0.15) is 0 Å². The van der Waals surface area contributed by atoms with Gasteiger partial charge in [-0.15, -0.1) is 11.6 Å². The molecule has 1 aliphatic heterocycles. The smallest absolute Gasteiger partial charge is 0.113 e. The Bertz CT molecular complexity index is 685. The van der Waals surface area contributed by atoms with Crippen LogP contribution in [0.15, 0.2) is 0 Å². The van der Waals surface area contributed by atoms with Crippen molar-refractivity contribution in [1.82, 2.24) is 4.40 Å². The first-order valence-electron chi connectivity index (χ1n) is 4.16. The first-order valence-corrected chi connectivity index (χ1v) is 6.49. The third-order valence-corrected chi connectivity index (χ3v) is 5.22. The van der Waals surface area contributed by atoms with Crippen LogP contribution in [0.3, 0.4) is 0 Å². The summed E-state index contributed by atoms with van der Waals surface area (Å²) in [4.78, 5) is 0. The van der Waals surface area contributed by atoms with E-state index in [0.29, 0.717) is 41.7 Å². The Morgan fingerprint density at radius 1 is 0.812 bits per heavy atom. The van der Waals surface area contributed by atoms with Crippen molar-refractivity contribution < 1.29 is 0 Å². The second kappa shape index (κ2) is 3.50. The summed E-state index contributed by atoms with van der Waals surface area (Å²) in [6.45, 7) is 0. The lowest BCUT2D eigenvalue weighted by Gasteiger charge is -2.00. The lowest BCUT2D eigenvalue weighted by molar-refractivity contribution is 1.10. The standard InChI is InChI=1S/C9HCl6N/c10-1-2(11)8-5(14)6(15)9-4(13)3(12)7(1)16(8)9/h1H. The van der Waals surface area contributed by atoms with E-state index < -0.39 is 5.38 Å². The Labute approximate surface area is 120 Å². The maximum atomic E-state index is 6.15. The Hall–Kier alpha value is 0.500. The second-order valence-corrected chi connectivity index (χ2v) is 5.74. The highest BCUT2D eigenvalue weighted by atomic mass is 35.5. The van der Waals surface area contributed by atoms with Crippen LogP contribution in [-0.2, 0) is 0 Å². The molecule has 0 aromatic carbocycles. The zero-order chi connectivity index (χ0) is 11.8. The van der Waals surface area contributed by atoms with Gasteiger partial charge in [-0.25, -0.2) is 0 Å². The predicted molar refractivity (Wildman–Crippen MR) is 70.5 cm³/mol. The molecule has 7 heteroatoms. The summed E-state index contributed by atoms with van der Waals surface area (Å²) in [6.07, 6.45) is 0. The number of nitrogens with zero attached hydrogens (tertiary/aromatic N) is 1. The molecule has 0 fully saturated rings. The zero-order valence-corrected chi connectivity index (χ0v) is 11.8. The topological polar surface area (TPSA) is 4.41 Å². The third-order valence-electron chi connectivity index (χ3n) is 2.61. The molecule has 1 unspecified atom stereocenters. The molecule has 16 heavy (non-hydrogen) atoms. The van der Waals surface area contributed by atoms with E-state index >= 15 is 0 Å². The minimum Gasteiger partial charge on any atom is -0.305 e. The van der Waals surface area contributed by atoms with Gasteiger partial charge in [-0.3, -0.25) is 0 Å². The predicted octanol–water partition coefficient (Wildman–Crippen LogP) is 4.91. The fourth-order valence-electron chi connectivity index (χ4n) is 1.94. The molecular weight excluding hydrogens is 335 g/mol. The minimum atomic E-state index is -0.533. The molecule has 1 nitrogen and oxygen atoms in total. The molecule has 1 aliphatic rings. The van der Waals surface area contributed by atoms with Crippen LogP contribution in [0.2, 0.25) is 20.1 Å². The summed E-state index contributed by atoms with van der Waals surface area (Å²) in [6, 6.07) is 0. The van der Waals surface area contributed by atoms with E-state index in [2.05, 4.69) is 0 Å². The molecule has 3 rings (SSSR count). The lowest BCUT2D eigenvalue weighted by atomic mass is 10.3. The lowest BCUT2D eigenvalue weighted by Crippen LogP contribution is -2.05. The largest absolute Gasteiger partial charge is 0.305 e. The summed E-state index contributed by atoms with van der Waals surface area (Å²) in [5.41, 5.74) is 1.18. The van der Waals surface area contributed by atoms with Crippen LogP contribution in [0.4, 0.5) is 0 Å². The van der Waals surface area contributed by atoms with Crippen molar-refractivity contribution in [2.75, 3.05) is 0 Å². The molecular formula is C9HCl6N. The van der Waals surface area contributed by atoms with E-state index in [1.165, 1.54) is 0 Å². The summed E-state index contributed by atoms with van der Waals surface area (Å²) in [5, 5.41) is 1.87. The van der Waals surface area contributed by atoms with E-state index in [4.69, 9.17) is 69.6 Å². The van der Waals surface area contributed by atoms with E-state index in [-0.39, 0.29) is 0 Å². The van der Waals surface area contributed by atoms with Crippen molar-refractivity contribution in [2.24, 2.45) is 0 Å². The van der Waals surface area contributed by atoms with Gasteiger partial charge in [0.25, 0.3) is 0 Å². The van der Waals surface area contributed by atoms with Crippen LogP contribution in [-0.4, -0.2) is 4.40 Å². The van der Waals surface area contributed by atoms with Crippen LogP contribution in [0.25, 0.3) is 10.5 Å². The first-order chi connectivity index (χ1) is 7.46. The van der Waals surface area contributed by atoms with Crippen LogP contribution in [0, 0.1) is 0 Å². The van der Waals surface area contributed by atoms with Gasteiger partial charge in [0, 0.05) is 0 Å². The van der Waals surface area contributed by atoms with Crippen molar-refractivity contribution in [2.45, 2.75) is 5.38 Å². The molecule has 1 atom stereocenters. The van der Waals surface area contributed by atoms with E-state index in [9.17, 15) is 0 Å². The van der Waals surface area contributed by atoms with E-state index in [1.807, 2.05) is 0 Å². The van der Waals surface area contributed by atoms with Crippen molar-refractivity contribution >= 4 is 80.2 Å². The summed E-state index contributed by atoms with van der Waals surface area (Å²) >= 11 is 36.6. The average Bonchev–Trinajstić information content (AvgIpc) is 2.73. The summed E-state index contributed by atoms with van der Waals surface area (Å²) < 4.78 is 1.72. The highest BCUT2D eigenvalue weighted by Gasteiger charge is 2.34. The molecule has 2 aromatic heterocycles. The minimum absolute atomic E-state index is 0.344. The molecule has 0 radical (unpaired) electrons. The second-order valence-electron chi connectivity index (χ2n) is 3.38. The monoisotopic (exact) mass is 333 g/mol. The van der Waals surface area contributed by atoms with Crippen LogP contribution in [0.5, 0.6) is 0 Å².